The van der Waals surface area contributed by atoms with Crippen LogP contribution in [0.15, 0.2) is 59.0 Å². The van der Waals surface area contributed by atoms with Gasteiger partial charge >= 0.3 is 6.03 Å². The highest BCUT2D eigenvalue weighted by Crippen LogP contribution is 2.44. The Labute approximate surface area is 158 Å². The smallest absolute Gasteiger partial charge is 0.338 e. The summed E-state index contributed by atoms with van der Waals surface area (Å²) in [5, 5.41) is 10.2. The third-order valence-electron chi connectivity index (χ3n) is 5.09. The van der Waals surface area contributed by atoms with Crippen LogP contribution < -0.4 is 5.73 Å². The number of hydroxylamine groups is 2. The second-order valence-corrected chi connectivity index (χ2v) is 7.44. The molecule has 0 aromatic heterocycles. The normalized spacial score (nSPS) is 15.9. The second kappa shape index (κ2) is 7.98. The number of amides is 2. The van der Waals surface area contributed by atoms with Crippen molar-refractivity contribution in [1.82, 2.24) is 5.06 Å². The maximum Gasteiger partial charge on any atom is 0.338 e. The number of nitrogens with two attached hydrogens (primary N) is 1. The number of rotatable bonds is 6. The molecule has 2 aromatic rings. The molecule has 2 aromatic carbocycles. The molecular formula is C21H24N2O2S. The minimum Gasteiger partial charge on any atom is -0.350 e. The molecule has 136 valence electrons. The quantitative estimate of drug-likeness (QED) is 0.442. The maximum absolute atomic E-state index is 11.1. The number of benzene rings is 2. The molecule has 3 N–H and O–H groups in total. The molecule has 0 saturated carbocycles. The Hall–Kier alpha value is -2.24. The number of hydrogen-bond acceptors (Lipinski definition) is 3. The molecule has 1 unspecified atom stereocenters. The number of hydrogen-bond donors (Lipinski definition) is 2. The van der Waals surface area contributed by atoms with Crippen LogP contribution in [0, 0.1) is 0 Å². The average molecular weight is 369 g/mol. The van der Waals surface area contributed by atoms with Gasteiger partial charge in [-0.1, -0.05) is 42.0 Å². The van der Waals surface area contributed by atoms with Gasteiger partial charge in [0.2, 0.25) is 0 Å². The zero-order valence-electron chi connectivity index (χ0n) is 15.1. The minimum atomic E-state index is -0.819. The van der Waals surface area contributed by atoms with E-state index >= 15 is 0 Å². The van der Waals surface area contributed by atoms with Crippen molar-refractivity contribution < 1.29 is 10.0 Å². The Balaban J connectivity index is 1.85. The van der Waals surface area contributed by atoms with Crippen LogP contribution >= 0.6 is 11.8 Å². The van der Waals surface area contributed by atoms with Crippen LogP contribution in [0.4, 0.5) is 4.79 Å². The lowest BCUT2D eigenvalue weighted by Crippen LogP contribution is -2.33. The molecular weight excluding hydrogens is 344 g/mol. The molecule has 1 atom stereocenters. The van der Waals surface area contributed by atoms with E-state index in [1.54, 1.807) is 11.8 Å². The van der Waals surface area contributed by atoms with Gasteiger partial charge in [0.1, 0.15) is 0 Å². The van der Waals surface area contributed by atoms with Crippen LogP contribution in [0.25, 0.3) is 5.57 Å². The van der Waals surface area contributed by atoms with Crippen LogP contribution in [0.3, 0.4) is 0 Å². The molecule has 5 heteroatoms. The predicted molar refractivity (Wildman–Crippen MR) is 106 cm³/mol. The molecule has 0 fully saturated rings. The second-order valence-electron chi connectivity index (χ2n) is 6.56. The van der Waals surface area contributed by atoms with Gasteiger partial charge in [-0.15, -0.1) is 11.8 Å². The van der Waals surface area contributed by atoms with Crippen molar-refractivity contribution in [2.24, 2.45) is 5.73 Å². The molecule has 0 saturated heterocycles. The van der Waals surface area contributed by atoms with E-state index in [0.29, 0.717) is 17.4 Å². The Morgan fingerprint density at radius 1 is 1.19 bits per heavy atom. The van der Waals surface area contributed by atoms with Gasteiger partial charge in [-0.25, -0.2) is 9.86 Å². The number of thioether (sulfide) groups is 1. The number of primary amides is 1. The van der Waals surface area contributed by atoms with Crippen LogP contribution in [0.2, 0.25) is 0 Å². The van der Waals surface area contributed by atoms with Crippen molar-refractivity contribution in [2.45, 2.75) is 30.6 Å². The fourth-order valence-corrected chi connectivity index (χ4v) is 4.06. The molecule has 0 radical (unpaired) electrons. The molecule has 1 aliphatic rings. The fraction of sp³-hybridized carbons (Fsp3) is 0.286. The van der Waals surface area contributed by atoms with Crippen LogP contribution in [0.1, 0.15) is 36.0 Å². The van der Waals surface area contributed by atoms with Crippen molar-refractivity contribution in [1.29, 1.82) is 0 Å². The lowest BCUT2D eigenvalue weighted by Gasteiger charge is -2.15. The summed E-state index contributed by atoms with van der Waals surface area (Å²) in [6.45, 7) is 2.35. The van der Waals surface area contributed by atoms with E-state index in [1.165, 1.54) is 32.7 Å². The largest absolute Gasteiger partial charge is 0.350 e. The SMILES string of the molecule is CSc1ccc(CC2C(C)=C(CCN(O)C(N)=O)c3ccccc32)cc1. The van der Waals surface area contributed by atoms with Gasteiger partial charge in [0.25, 0.3) is 0 Å². The average Bonchev–Trinajstić information content (AvgIpc) is 2.92. The summed E-state index contributed by atoms with van der Waals surface area (Å²) in [6, 6.07) is 16.3. The zero-order valence-corrected chi connectivity index (χ0v) is 15.9. The standard InChI is InChI=1S/C21H24N2O2S/c1-14-17(11-12-23(25)21(22)24)18-5-3-4-6-19(18)20(14)13-15-7-9-16(26-2)10-8-15/h3-10,20,25H,11-13H2,1-2H3,(H2,22,24). The molecule has 4 nitrogen and oxygen atoms in total. The summed E-state index contributed by atoms with van der Waals surface area (Å²) >= 11 is 1.75. The molecule has 1 aliphatic carbocycles. The van der Waals surface area contributed by atoms with Crippen molar-refractivity contribution in [3.8, 4) is 0 Å². The van der Waals surface area contributed by atoms with E-state index < -0.39 is 6.03 Å². The zero-order chi connectivity index (χ0) is 18.7. The van der Waals surface area contributed by atoms with Gasteiger partial charge < -0.3 is 5.73 Å². The summed E-state index contributed by atoms with van der Waals surface area (Å²) in [6.07, 6.45) is 3.61. The van der Waals surface area contributed by atoms with Crippen molar-refractivity contribution >= 4 is 23.4 Å². The Morgan fingerprint density at radius 3 is 2.54 bits per heavy atom. The lowest BCUT2D eigenvalue weighted by atomic mass is 9.90. The number of fused-ring (bicyclic) bond motifs is 1. The maximum atomic E-state index is 11.1. The molecule has 0 aliphatic heterocycles. The van der Waals surface area contributed by atoms with Crippen LogP contribution in [0.5, 0.6) is 0 Å². The molecule has 0 spiro atoms. The third-order valence-corrected chi connectivity index (χ3v) is 5.83. The number of nitrogens with zero attached hydrogens (tertiary/aromatic N) is 1. The lowest BCUT2D eigenvalue weighted by molar-refractivity contribution is -0.0372. The van der Waals surface area contributed by atoms with Gasteiger partial charge in [0, 0.05) is 10.8 Å². The highest BCUT2D eigenvalue weighted by molar-refractivity contribution is 7.98. The van der Waals surface area contributed by atoms with E-state index in [0.717, 1.165) is 6.42 Å². The first kappa shape index (κ1) is 18.5. The first-order chi connectivity index (χ1) is 12.5. The Morgan fingerprint density at radius 2 is 1.88 bits per heavy atom. The summed E-state index contributed by atoms with van der Waals surface area (Å²) in [5.74, 6) is 0.321. The summed E-state index contributed by atoms with van der Waals surface area (Å²) in [5.41, 5.74) is 11.5. The van der Waals surface area contributed by atoms with Crippen molar-refractivity contribution in [2.75, 3.05) is 12.8 Å². The van der Waals surface area contributed by atoms with Gasteiger partial charge in [-0.2, -0.15) is 0 Å². The molecule has 26 heavy (non-hydrogen) atoms. The van der Waals surface area contributed by atoms with E-state index in [9.17, 15) is 10.0 Å². The highest BCUT2D eigenvalue weighted by Gasteiger charge is 2.28. The first-order valence-electron chi connectivity index (χ1n) is 8.69. The number of allylic oxidation sites excluding steroid dienone is 1. The number of carbonyl (C=O) groups excluding carboxylic acids is 1. The van der Waals surface area contributed by atoms with E-state index in [2.05, 4.69) is 55.6 Å². The third kappa shape index (κ3) is 3.79. The van der Waals surface area contributed by atoms with Gasteiger partial charge in [0.05, 0.1) is 6.54 Å². The van der Waals surface area contributed by atoms with Gasteiger partial charge in [0.15, 0.2) is 0 Å². The van der Waals surface area contributed by atoms with Crippen LogP contribution in [-0.4, -0.2) is 29.1 Å². The van der Waals surface area contributed by atoms with Gasteiger partial charge in [-0.3, -0.25) is 5.21 Å². The molecule has 3 rings (SSSR count). The molecule has 0 bridgehead atoms. The summed E-state index contributed by atoms with van der Waals surface area (Å²) in [7, 11) is 0. The van der Waals surface area contributed by atoms with Crippen molar-refractivity contribution in [3.05, 3.63) is 70.8 Å². The van der Waals surface area contributed by atoms with E-state index in [1.807, 2.05) is 6.07 Å². The summed E-state index contributed by atoms with van der Waals surface area (Å²) in [4.78, 5) is 12.3. The van der Waals surface area contributed by atoms with Crippen molar-refractivity contribution in [3.63, 3.8) is 0 Å². The summed E-state index contributed by atoms with van der Waals surface area (Å²) < 4.78 is 0. The Kier molecular flexibility index (Phi) is 5.69. The number of carbonyl (C=O) groups is 1. The topological polar surface area (TPSA) is 66.6 Å². The van der Waals surface area contributed by atoms with Gasteiger partial charge in [-0.05, 0) is 60.4 Å². The minimum absolute atomic E-state index is 0.200. The molecule has 2 amide bonds. The molecule has 0 heterocycles. The van der Waals surface area contributed by atoms with Crippen LogP contribution in [-0.2, 0) is 6.42 Å². The fourth-order valence-electron chi connectivity index (χ4n) is 3.65. The van der Waals surface area contributed by atoms with E-state index in [-0.39, 0.29) is 6.54 Å². The monoisotopic (exact) mass is 368 g/mol. The number of urea groups is 1. The predicted octanol–water partition coefficient (Wildman–Crippen LogP) is 4.68. The first-order valence-corrected chi connectivity index (χ1v) is 9.91. The highest BCUT2D eigenvalue weighted by atomic mass is 32.2. The Bertz CT molecular complexity index is 830. The van der Waals surface area contributed by atoms with E-state index in [4.69, 9.17) is 5.73 Å².